The molecule has 0 aliphatic heterocycles. The molecule has 0 aliphatic rings. The number of anilines is 1. The Hall–Kier alpha value is -3.41. The monoisotopic (exact) mass is 349 g/mol. The zero-order valence-corrected chi connectivity index (χ0v) is 14.6. The van der Waals surface area contributed by atoms with Gasteiger partial charge in [-0.3, -0.25) is 14.3 Å². The van der Waals surface area contributed by atoms with Crippen molar-refractivity contribution in [2.24, 2.45) is 7.05 Å². The van der Waals surface area contributed by atoms with Crippen molar-refractivity contribution in [1.82, 2.24) is 9.78 Å². The molecule has 3 rings (SSSR count). The largest absolute Gasteiger partial charge is 0.484 e. The number of ketones is 1. The van der Waals surface area contributed by atoms with Crippen LogP contribution in [0.2, 0.25) is 0 Å². The first kappa shape index (κ1) is 17.4. The summed E-state index contributed by atoms with van der Waals surface area (Å²) in [4.78, 5) is 24.3. The zero-order valence-electron chi connectivity index (χ0n) is 14.6. The van der Waals surface area contributed by atoms with Crippen LogP contribution in [0.1, 0.15) is 21.6 Å². The Morgan fingerprint density at radius 1 is 1.04 bits per heavy atom. The predicted octanol–water partition coefficient (Wildman–Crippen LogP) is 2.98. The third-order valence-electron chi connectivity index (χ3n) is 3.79. The highest BCUT2D eigenvalue weighted by Crippen LogP contribution is 2.16. The molecule has 0 atom stereocenters. The van der Waals surface area contributed by atoms with Crippen LogP contribution in [0.25, 0.3) is 0 Å². The summed E-state index contributed by atoms with van der Waals surface area (Å²) >= 11 is 0. The van der Waals surface area contributed by atoms with E-state index in [2.05, 4.69) is 10.4 Å². The number of rotatable bonds is 6. The number of carbonyl (C=O) groups is 2. The molecule has 26 heavy (non-hydrogen) atoms. The number of carbonyl (C=O) groups excluding carboxylic acids is 2. The molecule has 0 unspecified atom stereocenters. The predicted molar refractivity (Wildman–Crippen MR) is 98.4 cm³/mol. The summed E-state index contributed by atoms with van der Waals surface area (Å²) in [6.45, 7) is 1.72. The number of ether oxygens (including phenoxy) is 1. The molecule has 0 aliphatic carbocycles. The number of benzene rings is 2. The van der Waals surface area contributed by atoms with Crippen molar-refractivity contribution < 1.29 is 14.3 Å². The highest BCUT2D eigenvalue weighted by atomic mass is 16.5. The van der Waals surface area contributed by atoms with Crippen molar-refractivity contribution in [1.29, 1.82) is 0 Å². The van der Waals surface area contributed by atoms with Crippen molar-refractivity contribution in [3.63, 3.8) is 0 Å². The van der Waals surface area contributed by atoms with E-state index < -0.39 is 0 Å². The molecule has 0 saturated carbocycles. The molecular formula is C20H19N3O3. The van der Waals surface area contributed by atoms with Gasteiger partial charge in [-0.2, -0.15) is 5.10 Å². The first-order valence-electron chi connectivity index (χ1n) is 8.16. The Bertz CT molecular complexity index is 915. The Morgan fingerprint density at radius 2 is 1.69 bits per heavy atom. The van der Waals surface area contributed by atoms with E-state index in [9.17, 15) is 9.59 Å². The van der Waals surface area contributed by atoms with Crippen LogP contribution in [-0.2, 0) is 11.8 Å². The second kappa shape index (κ2) is 7.65. The number of hydrogen-bond acceptors (Lipinski definition) is 4. The Morgan fingerprint density at radius 3 is 2.31 bits per heavy atom. The number of aryl methyl sites for hydroxylation is 2. The number of aromatic nitrogens is 2. The van der Waals surface area contributed by atoms with Gasteiger partial charge >= 0.3 is 0 Å². The molecule has 0 fully saturated rings. The Balaban J connectivity index is 1.57. The highest BCUT2D eigenvalue weighted by molar-refractivity contribution is 6.09. The maximum atomic E-state index is 12.3. The van der Waals surface area contributed by atoms with Gasteiger partial charge in [0.1, 0.15) is 11.6 Å². The van der Waals surface area contributed by atoms with Crippen molar-refractivity contribution in [2.75, 3.05) is 11.9 Å². The highest BCUT2D eigenvalue weighted by Gasteiger charge is 2.10. The standard InChI is InChI=1S/C20H19N3O3/c1-14-12-18(23(2)22-14)21-19(24)13-26-17-10-8-16(9-11-17)20(25)15-6-4-3-5-7-15/h3-12H,13H2,1-2H3,(H,21,24). The van der Waals surface area contributed by atoms with Gasteiger partial charge in [-0.25, -0.2) is 0 Å². The SMILES string of the molecule is Cc1cc(NC(=O)COc2ccc(C(=O)c3ccccc3)cc2)n(C)n1. The third kappa shape index (κ3) is 4.16. The Labute approximate surface area is 151 Å². The van der Waals surface area contributed by atoms with Gasteiger partial charge in [-0.15, -0.1) is 0 Å². The van der Waals surface area contributed by atoms with Crippen molar-refractivity contribution >= 4 is 17.5 Å². The van der Waals surface area contributed by atoms with E-state index in [1.807, 2.05) is 25.1 Å². The molecule has 1 heterocycles. The zero-order chi connectivity index (χ0) is 18.5. The first-order valence-corrected chi connectivity index (χ1v) is 8.16. The number of nitrogens with one attached hydrogen (secondary N) is 1. The summed E-state index contributed by atoms with van der Waals surface area (Å²) in [6, 6.07) is 17.6. The molecule has 1 aromatic heterocycles. The van der Waals surface area contributed by atoms with Gasteiger partial charge < -0.3 is 10.1 Å². The molecule has 0 radical (unpaired) electrons. The van der Waals surface area contributed by atoms with Crippen LogP contribution in [0.3, 0.4) is 0 Å². The fourth-order valence-electron chi connectivity index (χ4n) is 2.51. The lowest BCUT2D eigenvalue weighted by molar-refractivity contribution is -0.118. The first-order chi connectivity index (χ1) is 12.5. The molecule has 1 amide bonds. The minimum absolute atomic E-state index is 0.0542. The summed E-state index contributed by atoms with van der Waals surface area (Å²) < 4.78 is 7.07. The van der Waals surface area contributed by atoms with Crippen LogP contribution in [-0.4, -0.2) is 28.1 Å². The topological polar surface area (TPSA) is 73.2 Å². The van der Waals surface area contributed by atoms with Crippen LogP contribution < -0.4 is 10.1 Å². The quantitative estimate of drug-likeness (QED) is 0.695. The lowest BCUT2D eigenvalue weighted by Crippen LogP contribution is -2.21. The molecule has 132 valence electrons. The lowest BCUT2D eigenvalue weighted by Gasteiger charge is -2.08. The van der Waals surface area contributed by atoms with Crippen molar-refractivity contribution in [3.8, 4) is 5.75 Å². The third-order valence-corrected chi connectivity index (χ3v) is 3.79. The molecule has 0 saturated heterocycles. The number of hydrogen-bond donors (Lipinski definition) is 1. The fraction of sp³-hybridized carbons (Fsp3) is 0.150. The van der Waals surface area contributed by atoms with Gasteiger partial charge in [0.05, 0.1) is 5.69 Å². The van der Waals surface area contributed by atoms with Crippen LogP contribution in [0, 0.1) is 6.92 Å². The average Bonchev–Trinajstić information content (AvgIpc) is 2.97. The normalized spacial score (nSPS) is 10.4. The Kier molecular flexibility index (Phi) is 5.12. The summed E-state index contributed by atoms with van der Waals surface area (Å²) in [5.41, 5.74) is 2.02. The number of amides is 1. The minimum atomic E-state index is -0.280. The van der Waals surface area contributed by atoms with Gasteiger partial charge in [0.25, 0.3) is 5.91 Å². The second-order valence-electron chi connectivity index (χ2n) is 5.85. The molecule has 6 nitrogen and oxygen atoms in total. The van der Waals surface area contributed by atoms with Gasteiger partial charge in [0.2, 0.25) is 0 Å². The van der Waals surface area contributed by atoms with E-state index >= 15 is 0 Å². The molecule has 1 N–H and O–H groups in total. The fourth-order valence-corrected chi connectivity index (χ4v) is 2.51. The van der Waals surface area contributed by atoms with Crippen molar-refractivity contribution in [3.05, 3.63) is 77.5 Å². The maximum absolute atomic E-state index is 12.3. The van der Waals surface area contributed by atoms with Crippen LogP contribution in [0.4, 0.5) is 5.82 Å². The van der Waals surface area contributed by atoms with Gasteiger partial charge in [-0.05, 0) is 31.2 Å². The second-order valence-corrected chi connectivity index (χ2v) is 5.85. The van der Waals surface area contributed by atoms with Gasteiger partial charge in [0.15, 0.2) is 12.4 Å². The summed E-state index contributed by atoms with van der Waals surface area (Å²) in [5.74, 6) is 0.796. The molecule has 0 bridgehead atoms. The van der Waals surface area contributed by atoms with E-state index in [0.717, 1.165) is 5.69 Å². The van der Waals surface area contributed by atoms with Crippen LogP contribution in [0.5, 0.6) is 5.75 Å². The summed E-state index contributed by atoms with van der Waals surface area (Å²) in [5, 5.41) is 6.90. The van der Waals surface area contributed by atoms with Gasteiger partial charge in [-0.1, -0.05) is 30.3 Å². The van der Waals surface area contributed by atoms with E-state index in [0.29, 0.717) is 22.7 Å². The van der Waals surface area contributed by atoms with E-state index in [4.69, 9.17) is 4.74 Å². The smallest absolute Gasteiger partial charge is 0.263 e. The lowest BCUT2D eigenvalue weighted by atomic mass is 10.0. The molecule has 6 heteroatoms. The van der Waals surface area contributed by atoms with Crippen LogP contribution in [0.15, 0.2) is 60.7 Å². The van der Waals surface area contributed by atoms with Crippen LogP contribution >= 0.6 is 0 Å². The summed E-state index contributed by atoms with van der Waals surface area (Å²) in [7, 11) is 1.76. The number of nitrogens with zero attached hydrogens (tertiary/aromatic N) is 2. The van der Waals surface area contributed by atoms with E-state index in [1.165, 1.54) is 0 Å². The average molecular weight is 349 g/mol. The molecule has 3 aromatic rings. The van der Waals surface area contributed by atoms with E-state index in [1.54, 1.807) is 54.2 Å². The summed E-state index contributed by atoms with van der Waals surface area (Å²) in [6.07, 6.45) is 0. The molecular weight excluding hydrogens is 330 g/mol. The van der Waals surface area contributed by atoms with Crippen molar-refractivity contribution in [2.45, 2.75) is 6.92 Å². The minimum Gasteiger partial charge on any atom is -0.484 e. The maximum Gasteiger partial charge on any atom is 0.263 e. The van der Waals surface area contributed by atoms with E-state index in [-0.39, 0.29) is 18.3 Å². The van der Waals surface area contributed by atoms with Gasteiger partial charge in [0, 0.05) is 24.2 Å². The molecule has 0 spiro atoms. The molecule has 2 aromatic carbocycles.